The molecule has 1 unspecified atom stereocenters. The van der Waals surface area contributed by atoms with Crippen LogP contribution in [0.25, 0.3) is 6.08 Å². The Balaban J connectivity index is 1.85. The van der Waals surface area contributed by atoms with Crippen molar-refractivity contribution in [3.8, 4) is 11.5 Å². The number of aryl methyl sites for hydroxylation is 1. The molecule has 0 saturated heterocycles. The first kappa shape index (κ1) is 23.7. The molecule has 1 heterocycles. The molecule has 33 heavy (non-hydrogen) atoms. The SMILES string of the molecule is CCC(NC(=O)/C(=C/c1ccco1)NC(=O)c1ccc(OC)c(OC)c1)c1ccc(C)cc1. The summed E-state index contributed by atoms with van der Waals surface area (Å²) in [6, 6.07) is 16.0. The normalized spacial score (nSPS) is 12.1. The Kier molecular flexibility index (Phi) is 7.91. The molecule has 0 aliphatic carbocycles. The fourth-order valence-electron chi connectivity index (χ4n) is 3.30. The van der Waals surface area contributed by atoms with Crippen LogP contribution < -0.4 is 20.1 Å². The third-order valence-corrected chi connectivity index (χ3v) is 5.16. The molecule has 7 nitrogen and oxygen atoms in total. The molecule has 7 heteroatoms. The van der Waals surface area contributed by atoms with E-state index in [2.05, 4.69) is 10.6 Å². The van der Waals surface area contributed by atoms with E-state index in [4.69, 9.17) is 13.9 Å². The number of rotatable bonds is 9. The van der Waals surface area contributed by atoms with E-state index in [9.17, 15) is 9.59 Å². The molecule has 172 valence electrons. The Morgan fingerprint density at radius 3 is 2.36 bits per heavy atom. The summed E-state index contributed by atoms with van der Waals surface area (Å²) in [6.45, 7) is 4.00. The van der Waals surface area contributed by atoms with E-state index in [1.807, 2.05) is 38.1 Å². The van der Waals surface area contributed by atoms with Crippen molar-refractivity contribution in [2.24, 2.45) is 0 Å². The molecule has 3 rings (SSSR count). The first-order valence-electron chi connectivity index (χ1n) is 10.6. The highest BCUT2D eigenvalue weighted by Crippen LogP contribution is 2.27. The van der Waals surface area contributed by atoms with Gasteiger partial charge in [-0.25, -0.2) is 0 Å². The first-order valence-corrected chi connectivity index (χ1v) is 10.6. The lowest BCUT2D eigenvalue weighted by Gasteiger charge is -2.19. The van der Waals surface area contributed by atoms with Gasteiger partial charge in [0.15, 0.2) is 11.5 Å². The molecule has 0 fully saturated rings. The molecular formula is C26H28N2O5. The third kappa shape index (κ3) is 6.04. The van der Waals surface area contributed by atoms with Gasteiger partial charge in [0, 0.05) is 11.6 Å². The summed E-state index contributed by atoms with van der Waals surface area (Å²) in [5.74, 6) is 0.467. The average molecular weight is 449 g/mol. The molecule has 2 aromatic carbocycles. The molecule has 0 spiro atoms. The van der Waals surface area contributed by atoms with Gasteiger partial charge in [-0.3, -0.25) is 9.59 Å². The number of hydrogen-bond donors (Lipinski definition) is 2. The smallest absolute Gasteiger partial charge is 0.268 e. The number of hydrogen-bond acceptors (Lipinski definition) is 5. The summed E-state index contributed by atoms with van der Waals surface area (Å²) in [4.78, 5) is 26.1. The van der Waals surface area contributed by atoms with Gasteiger partial charge in [0.05, 0.1) is 26.5 Å². The third-order valence-electron chi connectivity index (χ3n) is 5.16. The van der Waals surface area contributed by atoms with Crippen LogP contribution >= 0.6 is 0 Å². The monoisotopic (exact) mass is 448 g/mol. The van der Waals surface area contributed by atoms with Gasteiger partial charge < -0.3 is 24.5 Å². The van der Waals surface area contributed by atoms with Crippen molar-refractivity contribution in [3.63, 3.8) is 0 Å². The number of carbonyl (C=O) groups is 2. The summed E-state index contributed by atoms with van der Waals surface area (Å²) in [6.07, 6.45) is 3.68. The second-order valence-corrected chi connectivity index (χ2v) is 7.44. The van der Waals surface area contributed by atoms with Gasteiger partial charge in [0.2, 0.25) is 0 Å². The molecule has 1 atom stereocenters. The van der Waals surface area contributed by atoms with E-state index in [0.717, 1.165) is 11.1 Å². The van der Waals surface area contributed by atoms with Crippen molar-refractivity contribution in [2.45, 2.75) is 26.3 Å². The van der Waals surface area contributed by atoms with Crippen molar-refractivity contribution in [3.05, 3.63) is 89.0 Å². The lowest BCUT2D eigenvalue weighted by atomic mass is 10.0. The van der Waals surface area contributed by atoms with Crippen LogP contribution in [0.5, 0.6) is 11.5 Å². The van der Waals surface area contributed by atoms with Gasteiger partial charge in [-0.1, -0.05) is 36.8 Å². The van der Waals surface area contributed by atoms with Gasteiger partial charge >= 0.3 is 0 Å². The van der Waals surface area contributed by atoms with Gasteiger partial charge in [-0.05, 0) is 49.2 Å². The number of nitrogens with one attached hydrogen (secondary N) is 2. The molecule has 3 aromatic rings. The number of carbonyl (C=O) groups excluding carboxylic acids is 2. The molecule has 0 bridgehead atoms. The zero-order valence-electron chi connectivity index (χ0n) is 19.2. The van der Waals surface area contributed by atoms with E-state index >= 15 is 0 Å². The Morgan fingerprint density at radius 2 is 1.76 bits per heavy atom. The number of methoxy groups -OCH3 is 2. The second kappa shape index (κ2) is 11.0. The van der Waals surface area contributed by atoms with Crippen LogP contribution in [0.4, 0.5) is 0 Å². The molecule has 2 amide bonds. The van der Waals surface area contributed by atoms with Crippen LogP contribution in [0.3, 0.4) is 0 Å². The Labute approximate surface area is 193 Å². The number of benzene rings is 2. The van der Waals surface area contributed by atoms with Crippen LogP contribution in [-0.2, 0) is 4.79 Å². The fourth-order valence-corrected chi connectivity index (χ4v) is 3.30. The van der Waals surface area contributed by atoms with Crippen LogP contribution in [0.1, 0.15) is 46.6 Å². The zero-order chi connectivity index (χ0) is 23.8. The molecule has 0 saturated carbocycles. The van der Waals surface area contributed by atoms with Crippen LogP contribution in [-0.4, -0.2) is 26.0 Å². The highest BCUT2D eigenvalue weighted by molar-refractivity contribution is 6.05. The second-order valence-electron chi connectivity index (χ2n) is 7.44. The van der Waals surface area contributed by atoms with Gasteiger partial charge in [0.1, 0.15) is 11.5 Å². The summed E-state index contributed by atoms with van der Waals surface area (Å²) >= 11 is 0. The lowest BCUT2D eigenvalue weighted by molar-refractivity contribution is -0.118. The van der Waals surface area contributed by atoms with Crippen molar-refractivity contribution < 1.29 is 23.5 Å². The average Bonchev–Trinajstić information content (AvgIpc) is 3.35. The molecule has 2 N–H and O–H groups in total. The highest BCUT2D eigenvalue weighted by Gasteiger charge is 2.20. The van der Waals surface area contributed by atoms with E-state index in [-0.39, 0.29) is 11.7 Å². The quantitative estimate of drug-likeness (QED) is 0.466. The molecule has 0 aliphatic rings. The number of amides is 2. The molecule has 1 aromatic heterocycles. The maximum atomic E-state index is 13.2. The van der Waals surface area contributed by atoms with Crippen molar-refractivity contribution in [2.75, 3.05) is 14.2 Å². The van der Waals surface area contributed by atoms with Crippen molar-refractivity contribution in [1.82, 2.24) is 10.6 Å². The molecule has 0 radical (unpaired) electrons. The van der Waals surface area contributed by atoms with Crippen molar-refractivity contribution >= 4 is 17.9 Å². The number of furan rings is 1. The lowest BCUT2D eigenvalue weighted by Crippen LogP contribution is -2.36. The van der Waals surface area contributed by atoms with E-state index < -0.39 is 11.8 Å². The molecular weight excluding hydrogens is 420 g/mol. The van der Waals surface area contributed by atoms with Crippen molar-refractivity contribution in [1.29, 1.82) is 0 Å². The van der Waals surface area contributed by atoms with Gasteiger partial charge in [-0.15, -0.1) is 0 Å². The first-order chi connectivity index (χ1) is 15.9. The molecule has 0 aliphatic heterocycles. The maximum Gasteiger partial charge on any atom is 0.268 e. The van der Waals surface area contributed by atoms with E-state index in [1.165, 1.54) is 26.6 Å². The number of ether oxygens (including phenoxy) is 2. The summed E-state index contributed by atoms with van der Waals surface area (Å²) < 4.78 is 15.8. The van der Waals surface area contributed by atoms with Crippen LogP contribution in [0.2, 0.25) is 0 Å². The summed E-state index contributed by atoms with van der Waals surface area (Å²) in [5.41, 5.74) is 2.51. The largest absolute Gasteiger partial charge is 0.493 e. The minimum absolute atomic E-state index is 0.0651. The van der Waals surface area contributed by atoms with Crippen LogP contribution in [0.15, 0.2) is 71.0 Å². The highest BCUT2D eigenvalue weighted by atomic mass is 16.5. The predicted molar refractivity (Wildman–Crippen MR) is 126 cm³/mol. The minimum Gasteiger partial charge on any atom is -0.493 e. The summed E-state index contributed by atoms with van der Waals surface area (Å²) in [5, 5.41) is 5.71. The summed E-state index contributed by atoms with van der Waals surface area (Å²) in [7, 11) is 3.01. The van der Waals surface area contributed by atoms with E-state index in [1.54, 1.807) is 30.3 Å². The predicted octanol–water partition coefficient (Wildman–Crippen LogP) is 4.64. The zero-order valence-corrected chi connectivity index (χ0v) is 19.2. The minimum atomic E-state index is -0.465. The Bertz CT molecular complexity index is 1120. The standard InChI is InChI=1S/C26H28N2O5/c1-5-21(18-10-8-17(2)9-11-18)27-26(30)22(16-20-7-6-14-33-20)28-25(29)19-12-13-23(31-3)24(15-19)32-4/h6-16,21H,5H2,1-4H3,(H,27,30)(H,28,29)/b22-16-. The van der Waals surface area contributed by atoms with E-state index in [0.29, 0.717) is 29.2 Å². The van der Waals surface area contributed by atoms with Gasteiger partial charge in [-0.2, -0.15) is 0 Å². The van der Waals surface area contributed by atoms with Gasteiger partial charge in [0.25, 0.3) is 11.8 Å². The maximum absolute atomic E-state index is 13.2. The Morgan fingerprint density at radius 1 is 1.03 bits per heavy atom. The topological polar surface area (TPSA) is 89.8 Å². The van der Waals surface area contributed by atoms with Crippen LogP contribution in [0, 0.1) is 6.92 Å². The Hall–Kier alpha value is -4.00. The fraction of sp³-hybridized carbons (Fsp3) is 0.231.